The first kappa shape index (κ1) is 19.1. The summed E-state index contributed by atoms with van der Waals surface area (Å²) in [6, 6.07) is 5.11. The van der Waals surface area contributed by atoms with Crippen molar-refractivity contribution in [3.8, 4) is 5.75 Å². The maximum absolute atomic E-state index is 12.5. The zero-order valence-corrected chi connectivity index (χ0v) is 15.6. The van der Waals surface area contributed by atoms with Crippen LogP contribution >= 0.6 is 23.8 Å². The molecule has 0 unspecified atom stereocenters. The van der Waals surface area contributed by atoms with Gasteiger partial charge >= 0.3 is 0 Å². The molecular formula is C18H19ClN2O3S. The maximum Gasteiger partial charge on any atom is 0.265 e. The summed E-state index contributed by atoms with van der Waals surface area (Å²) in [6.07, 6.45) is 3.92. The Morgan fingerprint density at radius 1 is 1.44 bits per heavy atom. The fourth-order valence-corrected chi connectivity index (χ4v) is 2.64. The molecule has 0 bridgehead atoms. The first-order chi connectivity index (χ1) is 11.9. The van der Waals surface area contributed by atoms with Gasteiger partial charge in [-0.05, 0) is 49.3 Å². The summed E-state index contributed by atoms with van der Waals surface area (Å²) in [7, 11) is 0. The molecule has 0 saturated carbocycles. The van der Waals surface area contributed by atoms with Crippen molar-refractivity contribution < 1.29 is 14.3 Å². The first-order valence-electron chi connectivity index (χ1n) is 7.83. The normalized spacial score (nSPS) is 17.5. The number of halogens is 1. The highest BCUT2D eigenvalue weighted by molar-refractivity contribution is 7.80. The molecule has 1 heterocycles. The topological polar surface area (TPSA) is 58.6 Å². The molecule has 1 aliphatic rings. The average Bonchev–Trinajstić information content (AvgIpc) is 2.57. The van der Waals surface area contributed by atoms with Crippen LogP contribution in [0.3, 0.4) is 0 Å². The number of benzene rings is 1. The molecular weight excluding hydrogens is 360 g/mol. The van der Waals surface area contributed by atoms with Gasteiger partial charge in [0.05, 0.1) is 11.1 Å². The Kier molecular flexibility index (Phi) is 6.33. The standard InChI is InChI=1S/C18H19ClN2O3S/c1-4-8-21-17(23)13(16(22)20-18(21)25)9-12-6-7-15(14(19)10-12)24-11(3)5-2/h4,6-7,9-11H,1,5,8H2,2-3H3,(H,20,22,25)/b13-9+/t11-/m1/s1. The average molecular weight is 379 g/mol. The zero-order chi connectivity index (χ0) is 18.6. The summed E-state index contributed by atoms with van der Waals surface area (Å²) in [4.78, 5) is 25.9. The number of hydrogen-bond donors (Lipinski definition) is 1. The van der Waals surface area contributed by atoms with E-state index < -0.39 is 11.8 Å². The van der Waals surface area contributed by atoms with Gasteiger partial charge in [-0.1, -0.05) is 30.7 Å². The summed E-state index contributed by atoms with van der Waals surface area (Å²) in [5.74, 6) is -0.442. The Bertz CT molecular complexity index is 761. The third kappa shape index (κ3) is 4.46. The van der Waals surface area contributed by atoms with Crippen LogP contribution in [0, 0.1) is 0 Å². The lowest BCUT2D eigenvalue weighted by atomic mass is 10.1. The molecule has 1 aliphatic heterocycles. The second-order valence-corrected chi connectivity index (χ2v) is 6.34. The van der Waals surface area contributed by atoms with Crippen molar-refractivity contribution in [2.75, 3.05) is 6.54 Å². The molecule has 1 aromatic rings. The van der Waals surface area contributed by atoms with Gasteiger partial charge in [-0.25, -0.2) is 0 Å². The molecule has 0 aliphatic carbocycles. The van der Waals surface area contributed by atoms with E-state index in [2.05, 4.69) is 11.9 Å². The molecule has 1 saturated heterocycles. The number of rotatable bonds is 6. The second-order valence-electron chi connectivity index (χ2n) is 5.55. The summed E-state index contributed by atoms with van der Waals surface area (Å²) in [5.41, 5.74) is 0.605. The van der Waals surface area contributed by atoms with Gasteiger partial charge in [0.2, 0.25) is 0 Å². The predicted octanol–water partition coefficient (Wildman–Crippen LogP) is 3.33. The number of carbonyl (C=O) groups is 2. The molecule has 5 nitrogen and oxygen atoms in total. The van der Waals surface area contributed by atoms with E-state index in [0.717, 1.165) is 6.42 Å². The monoisotopic (exact) mass is 378 g/mol. The number of amides is 2. The van der Waals surface area contributed by atoms with Crippen molar-refractivity contribution >= 4 is 46.8 Å². The minimum absolute atomic E-state index is 0.0119. The van der Waals surface area contributed by atoms with Crippen LogP contribution in [0.1, 0.15) is 25.8 Å². The van der Waals surface area contributed by atoms with Crippen LogP contribution in [0.25, 0.3) is 6.08 Å². The lowest BCUT2D eigenvalue weighted by Crippen LogP contribution is -2.53. The van der Waals surface area contributed by atoms with Gasteiger partial charge in [0.25, 0.3) is 11.8 Å². The fraction of sp³-hybridized carbons (Fsp3) is 0.278. The lowest BCUT2D eigenvalue weighted by Gasteiger charge is -2.27. The zero-order valence-electron chi connectivity index (χ0n) is 14.0. The van der Waals surface area contributed by atoms with Gasteiger partial charge in [-0.3, -0.25) is 19.8 Å². The summed E-state index contributed by atoms with van der Waals surface area (Å²) in [6.45, 7) is 7.78. The van der Waals surface area contributed by atoms with E-state index in [9.17, 15) is 9.59 Å². The molecule has 0 spiro atoms. The third-order valence-corrected chi connectivity index (χ3v) is 4.29. The van der Waals surface area contributed by atoms with Crippen LogP contribution in [-0.4, -0.2) is 34.5 Å². The van der Waals surface area contributed by atoms with E-state index >= 15 is 0 Å². The largest absolute Gasteiger partial charge is 0.489 e. The summed E-state index contributed by atoms with van der Waals surface area (Å²) >= 11 is 11.3. The van der Waals surface area contributed by atoms with Crippen molar-refractivity contribution in [1.82, 2.24) is 10.2 Å². The number of carbonyl (C=O) groups excluding carboxylic acids is 2. The van der Waals surface area contributed by atoms with Crippen LogP contribution in [0.2, 0.25) is 5.02 Å². The fourth-order valence-electron chi connectivity index (χ4n) is 2.16. The number of nitrogens with zero attached hydrogens (tertiary/aromatic N) is 1. The molecule has 1 fully saturated rings. The van der Waals surface area contributed by atoms with Gasteiger partial charge in [-0.2, -0.15) is 0 Å². The van der Waals surface area contributed by atoms with Gasteiger partial charge in [0, 0.05) is 6.54 Å². The van der Waals surface area contributed by atoms with Gasteiger partial charge in [0.1, 0.15) is 11.3 Å². The highest BCUT2D eigenvalue weighted by Crippen LogP contribution is 2.28. The Labute approximate surface area is 157 Å². The molecule has 1 N–H and O–H groups in total. The van der Waals surface area contributed by atoms with Gasteiger partial charge in [-0.15, -0.1) is 6.58 Å². The Morgan fingerprint density at radius 2 is 2.16 bits per heavy atom. The van der Waals surface area contributed by atoms with E-state index in [4.69, 9.17) is 28.6 Å². The van der Waals surface area contributed by atoms with Crippen LogP contribution in [0.15, 0.2) is 36.4 Å². The molecule has 1 atom stereocenters. The molecule has 0 aromatic heterocycles. The molecule has 25 heavy (non-hydrogen) atoms. The molecule has 7 heteroatoms. The Hall–Kier alpha value is -2.18. The number of nitrogens with one attached hydrogen (secondary N) is 1. The number of hydrogen-bond acceptors (Lipinski definition) is 4. The van der Waals surface area contributed by atoms with Crippen molar-refractivity contribution in [3.05, 3.63) is 47.0 Å². The highest BCUT2D eigenvalue weighted by Gasteiger charge is 2.32. The van der Waals surface area contributed by atoms with Crippen LogP contribution in [0.5, 0.6) is 5.75 Å². The quantitative estimate of drug-likeness (QED) is 0.357. The van der Waals surface area contributed by atoms with Crippen molar-refractivity contribution in [2.24, 2.45) is 0 Å². The van der Waals surface area contributed by atoms with Crippen molar-refractivity contribution in [3.63, 3.8) is 0 Å². The summed E-state index contributed by atoms with van der Waals surface area (Å²) in [5, 5.41) is 2.98. The minimum atomic E-state index is -0.536. The number of thiocarbonyl (C=S) groups is 1. The summed E-state index contributed by atoms with van der Waals surface area (Å²) < 4.78 is 5.71. The van der Waals surface area contributed by atoms with Gasteiger partial charge < -0.3 is 4.74 Å². The molecule has 2 amide bonds. The maximum atomic E-state index is 12.5. The lowest BCUT2D eigenvalue weighted by molar-refractivity contribution is -0.128. The predicted molar refractivity (Wildman–Crippen MR) is 102 cm³/mol. The highest BCUT2D eigenvalue weighted by atomic mass is 35.5. The van der Waals surface area contributed by atoms with E-state index in [1.54, 1.807) is 18.2 Å². The number of ether oxygens (including phenoxy) is 1. The van der Waals surface area contributed by atoms with E-state index in [0.29, 0.717) is 16.3 Å². The molecule has 2 rings (SSSR count). The second kappa shape index (κ2) is 8.27. The van der Waals surface area contributed by atoms with Crippen LogP contribution < -0.4 is 10.1 Å². The smallest absolute Gasteiger partial charge is 0.265 e. The van der Waals surface area contributed by atoms with Crippen molar-refractivity contribution in [2.45, 2.75) is 26.4 Å². The minimum Gasteiger partial charge on any atom is -0.489 e. The SMILES string of the molecule is C=CCN1C(=O)/C(=C/c2ccc(O[C@H](C)CC)c(Cl)c2)C(=O)NC1=S. The van der Waals surface area contributed by atoms with E-state index in [1.807, 2.05) is 13.8 Å². The molecule has 132 valence electrons. The van der Waals surface area contributed by atoms with Crippen LogP contribution in [0.4, 0.5) is 0 Å². The van der Waals surface area contributed by atoms with E-state index in [1.165, 1.54) is 17.1 Å². The van der Waals surface area contributed by atoms with Crippen molar-refractivity contribution in [1.29, 1.82) is 0 Å². The molecule has 0 radical (unpaired) electrons. The Balaban J connectivity index is 2.30. The Morgan fingerprint density at radius 3 is 2.76 bits per heavy atom. The van der Waals surface area contributed by atoms with Crippen LogP contribution in [-0.2, 0) is 9.59 Å². The van der Waals surface area contributed by atoms with Gasteiger partial charge in [0.15, 0.2) is 5.11 Å². The first-order valence-corrected chi connectivity index (χ1v) is 8.62. The third-order valence-electron chi connectivity index (χ3n) is 3.67. The molecule has 1 aromatic carbocycles. The van der Waals surface area contributed by atoms with E-state index in [-0.39, 0.29) is 23.3 Å².